The van der Waals surface area contributed by atoms with Crippen LogP contribution in [0.15, 0.2) is 0 Å². The summed E-state index contributed by atoms with van der Waals surface area (Å²) < 4.78 is 0. The van der Waals surface area contributed by atoms with E-state index >= 15 is 0 Å². The molecular weight excluding hydrogens is 212 g/mol. The van der Waals surface area contributed by atoms with E-state index in [4.69, 9.17) is 0 Å². The fourth-order valence-corrected chi connectivity index (χ4v) is 3.23. The van der Waals surface area contributed by atoms with Crippen LogP contribution in [-0.2, 0) is 0 Å². The lowest BCUT2D eigenvalue weighted by Crippen LogP contribution is -2.56. The zero-order valence-corrected chi connectivity index (χ0v) is 11.7. The van der Waals surface area contributed by atoms with E-state index in [2.05, 4.69) is 30.6 Å². The molecule has 17 heavy (non-hydrogen) atoms. The van der Waals surface area contributed by atoms with Crippen molar-refractivity contribution in [3.05, 3.63) is 0 Å². The first-order valence-corrected chi connectivity index (χ1v) is 7.14. The van der Waals surface area contributed by atoms with Crippen LogP contribution < -0.4 is 0 Å². The molecule has 1 N–H and O–H groups in total. The highest BCUT2D eigenvalue weighted by Gasteiger charge is 2.31. The van der Waals surface area contributed by atoms with Gasteiger partial charge in [0.05, 0.1) is 6.10 Å². The third-order valence-corrected chi connectivity index (χ3v) is 4.40. The first-order chi connectivity index (χ1) is 7.97. The van der Waals surface area contributed by atoms with Crippen LogP contribution in [0.4, 0.5) is 0 Å². The number of hydrogen-bond acceptors (Lipinski definition) is 3. The molecule has 0 bridgehead atoms. The van der Waals surface area contributed by atoms with Crippen molar-refractivity contribution in [3.63, 3.8) is 0 Å². The van der Waals surface area contributed by atoms with Crippen molar-refractivity contribution in [1.82, 2.24) is 9.80 Å². The molecule has 0 aromatic rings. The van der Waals surface area contributed by atoms with Gasteiger partial charge in [-0.2, -0.15) is 0 Å². The number of aliphatic hydroxyl groups is 1. The molecule has 1 saturated carbocycles. The van der Waals surface area contributed by atoms with Crippen LogP contribution >= 0.6 is 0 Å². The normalized spacial score (nSPS) is 33.9. The lowest BCUT2D eigenvalue weighted by molar-refractivity contribution is 0.0100. The minimum atomic E-state index is -0.0469. The summed E-state index contributed by atoms with van der Waals surface area (Å²) in [6.07, 6.45) is 4.45. The third kappa shape index (κ3) is 3.43. The summed E-state index contributed by atoms with van der Waals surface area (Å²) in [4.78, 5) is 5.17. The van der Waals surface area contributed by atoms with E-state index in [1.54, 1.807) is 0 Å². The predicted molar refractivity (Wildman–Crippen MR) is 71.2 cm³/mol. The monoisotopic (exact) mass is 240 g/mol. The van der Waals surface area contributed by atoms with Gasteiger partial charge in [-0.25, -0.2) is 0 Å². The standard InChI is InChI=1S/C14H28N2O/c1-14(2,3)16-9-7-15(8-10-16)12-5-4-6-13(17)11-12/h12-13,17H,4-11H2,1-3H3. The van der Waals surface area contributed by atoms with Gasteiger partial charge in [0.1, 0.15) is 0 Å². The molecule has 2 rings (SSSR count). The minimum absolute atomic E-state index is 0.0469. The number of aliphatic hydroxyl groups excluding tert-OH is 1. The Kier molecular flexibility index (Phi) is 4.11. The molecular formula is C14H28N2O. The maximum atomic E-state index is 9.75. The smallest absolute Gasteiger partial charge is 0.0555 e. The molecule has 0 spiro atoms. The van der Waals surface area contributed by atoms with Crippen LogP contribution in [0.2, 0.25) is 0 Å². The zero-order valence-electron chi connectivity index (χ0n) is 11.7. The van der Waals surface area contributed by atoms with Gasteiger partial charge in [-0.3, -0.25) is 9.80 Å². The Morgan fingerprint density at radius 3 is 2.18 bits per heavy atom. The highest BCUT2D eigenvalue weighted by molar-refractivity contribution is 4.87. The number of hydrogen-bond donors (Lipinski definition) is 1. The van der Waals surface area contributed by atoms with Crippen LogP contribution in [0.5, 0.6) is 0 Å². The van der Waals surface area contributed by atoms with E-state index in [0.29, 0.717) is 11.6 Å². The molecule has 0 amide bonds. The lowest BCUT2D eigenvalue weighted by Gasteiger charge is -2.45. The van der Waals surface area contributed by atoms with E-state index in [1.807, 2.05) is 0 Å². The highest BCUT2D eigenvalue weighted by Crippen LogP contribution is 2.25. The van der Waals surface area contributed by atoms with Crippen LogP contribution in [0.1, 0.15) is 46.5 Å². The van der Waals surface area contributed by atoms with Crippen molar-refractivity contribution in [3.8, 4) is 0 Å². The third-order valence-electron chi connectivity index (χ3n) is 4.40. The molecule has 0 aromatic carbocycles. The summed E-state index contributed by atoms with van der Waals surface area (Å²) in [5, 5.41) is 9.75. The van der Waals surface area contributed by atoms with Gasteiger partial charge in [-0.15, -0.1) is 0 Å². The molecule has 2 atom stereocenters. The lowest BCUT2D eigenvalue weighted by atomic mass is 9.91. The topological polar surface area (TPSA) is 26.7 Å². The second-order valence-electron chi connectivity index (χ2n) is 6.67. The van der Waals surface area contributed by atoms with Crippen molar-refractivity contribution in [2.45, 2.75) is 64.1 Å². The van der Waals surface area contributed by atoms with Crippen LogP contribution in [-0.4, -0.2) is 58.8 Å². The van der Waals surface area contributed by atoms with Crippen molar-refractivity contribution in [2.75, 3.05) is 26.2 Å². The van der Waals surface area contributed by atoms with Gasteiger partial charge in [0.2, 0.25) is 0 Å². The van der Waals surface area contributed by atoms with Crippen LogP contribution in [0.3, 0.4) is 0 Å². The molecule has 2 aliphatic rings. The number of piperazine rings is 1. The van der Waals surface area contributed by atoms with Gasteiger partial charge >= 0.3 is 0 Å². The van der Waals surface area contributed by atoms with Gasteiger partial charge in [0.15, 0.2) is 0 Å². The molecule has 100 valence electrons. The SMILES string of the molecule is CC(C)(C)N1CCN(C2CCCC(O)C2)CC1. The highest BCUT2D eigenvalue weighted by atomic mass is 16.3. The van der Waals surface area contributed by atoms with E-state index in [9.17, 15) is 5.11 Å². The average molecular weight is 240 g/mol. The first kappa shape index (κ1) is 13.3. The molecule has 3 heteroatoms. The molecule has 2 fully saturated rings. The second-order valence-corrected chi connectivity index (χ2v) is 6.67. The van der Waals surface area contributed by atoms with Gasteiger partial charge in [-0.05, 0) is 46.5 Å². The molecule has 0 radical (unpaired) electrons. The Balaban J connectivity index is 1.82. The van der Waals surface area contributed by atoms with Crippen molar-refractivity contribution in [1.29, 1.82) is 0 Å². The second kappa shape index (κ2) is 5.25. The Morgan fingerprint density at radius 1 is 1.00 bits per heavy atom. The largest absolute Gasteiger partial charge is 0.393 e. The molecule has 0 aromatic heterocycles. The predicted octanol–water partition coefficient (Wildman–Crippen LogP) is 1.71. The first-order valence-electron chi connectivity index (χ1n) is 7.14. The van der Waals surface area contributed by atoms with E-state index in [-0.39, 0.29) is 6.10 Å². The summed E-state index contributed by atoms with van der Waals surface area (Å²) in [5.74, 6) is 0. The average Bonchev–Trinajstić information content (AvgIpc) is 2.28. The Morgan fingerprint density at radius 2 is 1.65 bits per heavy atom. The summed E-state index contributed by atoms with van der Waals surface area (Å²) in [6, 6.07) is 0.640. The quantitative estimate of drug-likeness (QED) is 0.756. The van der Waals surface area contributed by atoms with Gasteiger partial charge in [0.25, 0.3) is 0 Å². The van der Waals surface area contributed by atoms with E-state index in [1.165, 1.54) is 39.0 Å². The van der Waals surface area contributed by atoms with Crippen LogP contribution in [0, 0.1) is 0 Å². The zero-order chi connectivity index (χ0) is 12.5. The van der Waals surface area contributed by atoms with E-state index in [0.717, 1.165) is 12.8 Å². The number of rotatable bonds is 1. The maximum absolute atomic E-state index is 9.75. The van der Waals surface area contributed by atoms with Gasteiger partial charge in [0, 0.05) is 37.8 Å². The molecule has 1 aliphatic heterocycles. The summed E-state index contributed by atoms with van der Waals surface area (Å²) in [7, 11) is 0. The van der Waals surface area contributed by atoms with Crippen molar-refractivity contribution in [2.24, 2.45) is 0 Å². The van der Waals surface area contributed by atoms with E-state index < -0.39 is 0 Å². The van der Waals surface area contributed by atoms with Crippen molar-refractivity contribution < 1.29 is 5.11 Å². The van der Waals surface area contributed by atoms with Crippen LogP contribution in [0.25, 0.3) is 0 Å². The Labute approximate surface area is 106 Å². The molecule has 1 aliphatic carbocycles. The van der Waals surface area contributed by atoms with Crippen molar-refractivity contribution >= 4 is 0 Å². The molecule has 2 unspecified atom stereocenters. The van der Waals surface area contributed by atoms with Gasteiger partial charge < -0.3 is 5.11 Å². The summed E-state index contributed by atoms with van der Waals surface area (Å²) in [5.41, 5.74) is 0.304. The molecule has 1 saturated heterocycles. The minimum Gasteiger partial charge on any atom is -0.393 e. The molecule has 3 nitrogen and oxygen atoms in total. The summed E-state index contributed by atoms with van der Waals surface area (Å²) >= 11 is 0. The Bertz CT molecular complexity index is 241. The molecule has 1 heterocycles. The van der Waals surface area contributed by atoms with Gasteiger partial charge in [-0.1, -0.05) is 0 Å². The fraction of sp³-hybridized carbons (Fsp3) is 1.00. The Hall–Kier alpha value is -0.120. The fourth-order valence-electron chi connectivity index (χ4n) is 3.23. The number of nitrogens with zero attached hydrogens (tertiary/aromatic N) is 2. The summed E-state index contributed by atoms with van der Waals surface area (Å²) in [6.45, 7) is 11.6. The maximum Gasteiger partial charge on any atom is 0.0555 e.